The number of carbonyl (C=O) groups excluding carboxylic acids is 1. The summed E-state index contributed by atoms with van der Waals surface area (Å²) in [6.45, 7) is 5.38. The fourth-order valence-corrected chi connectivity index (χ4v) is 2.05. The highest BCUT2D eigenvalue weighted by Crippen LogP contribution is 2.28. The number of amides is 1. The van der Waals surface area contributed by atoms with E-state index in [2.05, 4.69) is 10.4 Å². The predicted molar refractivity (Wildman–Crippen MR) is 70.6 cm³/mol. The molecule has 2 aromatic rings. The van der Waals surface area contributed by atoms with Crippen LogP contribution in [-0.4, -0.2) is 22.8 Å². The molecule has 0 unspecified atom stereocenters. The lowest BCUT2D eigenvalue weighted by molar-refractivity contribution is 0.102. The molecule has 0 aliphatic rings. The summed E-state index contributed by atoms with van der Waals surface area (Å²) in [6.07, 6.45) is 0. The van der Waals surface area contributed by atoms with Crippen molar-refractivity contribution in [3.63, 3.8) is 0 Å². The number of methoxy groups -OCH3 is 1. The summed E-state index contributed by atoms with van der Waals surface area (Å²) in [5, 5.41) is 7.02. The molecule has 0 bridgehead atoms. The average Bonchev–Trinajstić information content (AvgIpc) is 2.79. The Labute approximate surface area is 111 Å². The molecule has 19 heavy (non-hydrogen) atoms. The predicted octanol–water partition coefficient (Wildman–Crippen LogP) is 2.20. The van der Waals surface area contributed by atoms with Crippen molar-refractivity contribution in [1.29, 1.82) is 0 Å². The molecule has 0 radical (unpaired) electrons. The molecule has 0 aromatic carbocycles. The highest BCUT2D eigenvalue weighted by atomic mass is 16.5. The number of ether oxygens (including phenoxy) is 1. The first kappa shape index (κ1) is 13.2. The molecule has 0 atom stereocenters. The molecule has 0 spiro atoms. The highest BCUT2D eigenvalue weighted by molar-refractivity contribution is 6.06. The molecule has 2 aromatic heterocycles. The van der Waals surface area contributed by atoms with Crippen LogP contribution in [0.25, 0.3) is 0 Å². The number of carbonyl (C=O) groups is 1. The van der Waals surface area contributed by atoms with Gasteiger partial charge in [0.2, 0.25) is 5.88 Å². The fourth-order valence-electron chi connectivity index (χ4n) is 2.05. The maximum absolute atomic E-state index is 12.2. The second-order valence-electron chi connectivity index (χ2n) is 4.37. The largest absolute Gasteiger partial charge is 0.480 e. The van der Waals surface area contributed by atoms with Crippen LogP contribution in [0.15, 0.2) is 10.5 Å². The van der Waals surface area contributed by atoms with Gasteiger partial charge in [0.15, 0.2) is 0 Å². The number of nitrogens with zero attached hydrogens (tertiary/aromatic N) is 2. The van der Waals surface area contributed by atoms with Crippen LogP contribution in [0.1, 0.15) is 27.6 Å². The summed E-state index contributed by atoms with van der Waals surface area (Å²) in [5.74, 6) is 1.58. The van der Waals surface area contributed by atoms with E-state index in [4.69, 9.17) is 9.15 Å². The third kappa shape index (κ3) is 2.33. The molecule has 2 rings (SSSR count). The minimum atomic E-state index is -0.233. The number of furan rings is 1. The SMILES string of the molecule is COc1c(NC(=O)c2cc(C)oc2C)c(C)nn1C. The molecule has 2 heterocycles. The number of anilines is 1. The number of nitrogens with one attached hydrogen (secondary N) is 1. The maximum atomic E-state index is 12.2. The van der Waals surface area contributed by atoms with Crippen LogP contribution in [-0.2, 0) is 7.05 Å². The van der Waals surface area contributed by atoms with Crippen molar-refractivity contribution in [2.75, 3.05) is 12.4 Å². The fraction of sp³-hybridized carbons (Fsp3) is 0.385. The molecule has 1 amide bonds. The number of hydrogen-bond donors (Lipinski definition) is 1. The molecule has 0 saturated carbocycles. The van der Waals surface area contributed by atoms with E-state index in [1.807, 2.05) is 6.92 Å². The molecule has 6 heteroatoms. The van der Waals surface area contributed by atoms with Gasteiger partial charge in [0.05, 0.1) is 18.4 Å². The van der Waals surface area contributed by atoms with Gasteiger partial charge in [-0.05, 0) is 26.8 Å². The Morgan fingerprint density at radius 3 is 2.63 bits per heavy atom. The van der Waals surface area contributed by atoms with Crippen LogP contribution in [0.3, 0.4) is 0 Å². The number of rotatable bonds is 3. The minimum absolute atomic E-state index is 0.233. The first-order valence-corrected chi connectivity index (χ1v) is 5.90. The van der Waals surface area contributed by atoms with Gasteiger partial charge in [-0.1, -0.05) is 0 Å². The molecule has 1 N–H and O–H groups in total. The monoisotopic (exact) mass is 263 g/mol. The summed E-state index contributed by atoms with van der Waals surface area (Å²) in [6, 6.07) is 1.71. The van der Waals surface area contributed by atoms with Crippen molar-refractivity contribution in [1.82, 2.24) is 9.78 Å². The van der Waals surface area contributed by atoms with Gasteiger partial charge in [-0.25, -0.2) is 4.68 Å². The van der Waals surface area contributed by atoms with E-state index in [1.54, 1.807) is 38.8 Å². The van der Waals surface area contributed by atoms with Gasteiger partial charge in [-0.3, -0.25) is 4.79 Å². The minimum Gasteiger partial charge on any atom is -0.480 e. The van der Waals surface area contributed by atoms with Crippen LogP contribution < -0.4 is 10.1 Å². The lowest BCUT2D eigenvalue weighted by Gasteiger charge is -2.06. The van der Waals surface area contributed by atoms with E-state index in [-0.39, 0.29) is 5.91 Å². The summed E-state index contributed by atoms with van der Waals surface area (Å²) in [7, 11) is 3.30. The highest BCUT2D eigenvalue weighted by Gasteiger charge is 2.19. The summed E-state index contributed by atoms with van der Waals surface area (Å²) in [4.78, 5) is 12.2. The molecule has 0 fully saturated rings. The van der Waals surface area contributed by atoms with E-state index in [1.165, 1.54) is 0 Å². The third-order valence-corrected chi connectivity index (χ3v) is 2.89. The van der Waals surface area contributed by atoms with Crippen molar-refractivity contribution in [3.8, 4) is 5.88 Å². The number of aryl methyl sites for hydroxylation is 4. The quantitative estimate of drug-likeness (QED) is 0.921. The van der Waals surface area contributed by atoms with Crippen molar-refractivity contribution < 1.29 is 13.9 Å². The van der Waals surface area contributed by atoms with E-state index < -0.39 is 0 Å². The second kappa shape index (κ2) is 4.79. The van der Waals surface area contributed by atoms with Crippen LogP contribution in [0.5, 0.6) is 5.88 Å². The molecular formula is C13H17N3O3. The lowest BCUT2D eigenvalue weighted by atomic mass is 10.2. The van der Waals surface area contributed by atoms with E-state index >= 15 is 0 Å². The average molecular weight is 263 g/mol. The van der Waals surface area contributed by atoms with Crippen LogP contribution in [0, 0.1) is 20.8 Å². The number of hydrogen-bond acceptors (Lipinski definition) is 4. The molecule has 0 aliphatic carbocycles. The van der Waals surface area contributed by atoms with Crippen molar-refractivity contribution >= 4 is 11.6 Å². The van der Waals surface area contributed by atoms with E-state index in [9.17, 15) is 4.79 Å². The Morgan fingerprint density at radius 1 is 1.42 bits per heavy atom. The van der Waals surface area contributed by atoms with Crippen molar-refractivity contribution in [3.05, 3.63) is 28.8 Å². The van der Waals surface area contributed by atoms with Crippen LogP contribution >= 0.6 is 0 Å². The Morgan fingerprint density at radius 2 is 2.11 bits per heavy atom. The topological polar surface area (TPSA) is 69.3 Å². The maximum Gasteiger partial charge on any atom is 0.259 e. The molecule has 102 valence electrons. The second-order valence-corrected chi connectivity index (χ2v) is 4.37. The summed E-state index contributed by atoms with van der Waals surface area (Å²) >= 11 is 0. The van der Waals surface area contributed by atoms with Gasteiger partial charge >= 0.3 is 0 Å². The number of aromatic nitrogens is 2. The Bertz CT molecular complexity index is 625. The Kier molecular flexibility index (Phi) is 3.33. The van der Waals surface area contributed by atoms with Crippen molar-refractivity contribution in [2.45, 2.75) is 20.8 Å². The van der Waals surface area contributed by atoms with Crippen LogP contribution in [0.4, 0.5) is 5.69 Å². The molecule has 0 saturated heterocycles. The van der Waals surface area contributed by atoms with E-state index in [0.717, 1.165) is 0 Å². The Balaban J connectivity index is 2.31. The Hall–Kier alpha value is -2.24. The van der Waals surface area contributed by atoms with Gasteiger partial charge in [-0.2, -0.15) is 5.10 Å². The van der Waals surface area contributed by atoms with Gasteiger partial charge in [0.25, 0.3) is 5.91 Å². The van der Waals surface area contributed by atoms with Crippen molar-refractivity contribution in [2.24, 2.45) is 7.05 Å². The van der Waals surface area contributed by atoms with Crippen LogP contribution in [0.2, 0.25) is 0 Å². The third-order valence-electron chi connectivity index (χ3n) is 2.89. The zero-order valence-corrected chi connectivity index (χ0v) is 11.7. The first-order chi connectivity index (χ1) is 8.93. The summed E-state index contributed by atoms with van der Waals surface area (Å²) < 4.78 is 12.2. The zero-order chi connectivity index (χ0) is 14.2. The van der Waals surface area contributed by atoms with Gasteiger partial charge in [0, 0.05) is 7.05 Å². The lowest BCUT2D eigenvalue weighted by Crippen LogP contribution is -2.13. The van der Waals surface area contributed by atoms with Gasteiger partial charge in [0.1, 0.15) is 17.2 Å². The molecular weight excluding hydrogens is 246 g/mol. The first-order valence-electron chi connectivity index (χ1n) is 5.90. The standard InChI is InChI=1S/C13H17N3O3/c1-7-6-10(9(3)19-7)12(17)14-11-8(2)15-16(4)13(11)18-5/h6H,1-5H3,(H,14,17). The van der Waals surface area contributed by atoms with E-state index in [0.29, 0.717) is 34.3 Å². The smallest absolute Gasteiger partial charge is 0.259 e. The summed E-state index contributed by atoms with van der Waals surface area (Å²) in [5.41, 5.74) is 1.79. The van der Waals surface area contributed by atoms with Gasteiger partial charge in [-0.15, -0.1) is 0 Å². The zero-order valence-electron chi connectivity index (χ0n) is 11.7. The molecule has 6 nitrogen and oxygen atoms in total. The van der Waals surface area contributed by atoms with Gasteiger partial charge < -0.3 is 14.5 Å². The normalized spacial score (nSPS) is 10.6. The molecule has 0 aliphatic heterocycles.